The lowest BCUT2D eigenvalue weighted by Gasteiger charge is -2.59. The molecule has 1 N–H and O–H groups in total. The number of Topliss-reactive ketones (excluding diaryl/α,β-unsaturated/α-hetero) is 1. The fourth-order valence-corrected chi connectivity index (χ4v) is 6.47. The van der Waals surface area contributed by atoms with Crippen molar-refractivity contribution >= 4 is 11.7 Å². The number of nitrogens with one attached hydrogen (secondary N) is 1. The maximum absolute atomic E-state index is 12.4. The molecule has 0 aromatic rings. The standard InChI is InChI=1S/C18H27NO2/c1-17-10-8-16(21)19-14(17)5-3-11-12-4-6-15(20)18(12,2)9-7-13(11)17/h11-14H,3-10H2,1-2H3,(H,19,21)/t11-,12-,13-,14+,17+,18-/m0/s1. The second-order valence-electron chi connectivity index (χ2n) is 8.50. The Kier molecular flexibility index (Phi) is 2.84. The SMILES string of the molecule is C[C@]12CCC(=O)N[C@@H]1CC[C@@H]1[C@@H]2CC[C@]2(C)C(=O)CC[C@@H]12. The van der Waals surface area contributed by atoms with Gasteiger partial charge in [0.1, 0.15) is 5.78 Å². The van der Waals surface area contributed by atoms with Crippen molar-refractivity contribution in [1.82, 2.24) is 5.32 Å². The second-order valence-corrected chi connectivity index (χ2v) is 8.50. The summed E-state index contributed by atoms with van der Waals surface area (Å²) >= 11 is 0. The highest BCUT2D eigenvalue weighted by molar-refractivity contribution is 5.87. The predicted molar refractivity (Wildman–Crippen MR) is 80.6 cm³/mol. The average Bonchev–Trinajstić information content (AvgIpc) is 2.76. The van der Waals surface area contributed by atoms with Crippen molar-refractivity contribution < 1.29 is 9.59 Å². The van der Waals surface area contributed by atoms with Gasteiger partial charge in [0.05, 0.1) is 0 Å². The third-order valence-corrected chi connectivity index (χ3v) is 7.80. The third kappa shape index (κ3) is 1.72. The van der Waals surface area contributed by atoms with Gasteiger partial charge in [-0.2, -0.15) is 0 Å². The van der Waals surface area contributed by atoms with Crippen molar-refractivity contribution in [3.05, 3.63) is 0 Å². The van der Waals surface area contributed by atoms with Gasteiger partial charge in [-0.15, -0.1) is 0 Å². The van der Waals surface area contributed by atoms with Gasteiger partial charge in [-0.25, -0.2) is 0 Å². The fourth-order valence-electron chi connectivity index (χ4n) is 6.47. The molecular weight excluding hydrogens is 262 g/mol. The van der Waals surface area contributed by atoms with Gasteiger partial charge < -0.3 is 5.32 Å². The van der Waals surface area contributed by atoms with Gasteiger partial charge in [0.25, 0.3) is 0 Å². The lowest BCUT2D eigenvalue weighted by atomic mass is 9.48. The minimum atomic E-state index is -0.0255. The molecule has 3 saturated carbocycles. The molecule has 21 heavy (non-hydrogen) atoms. The topological polar surface area (TPSA) is 46.2 Å². The Morgan fingerprint density at radius 2 is 1.76 bits per heavy atom. The van der Waals surface area contributed by atoms with Crippen molar-refractivity contribution in [3.63, 3.8) is 0 Å². The van der Waals surface area contributed by atoms with Gasteiger partial charge in [0, 0.05) is 24.3 Å². The molecule has 1 saturated heterocycles. The third-order valence-electron chi connectivity index (χ3n) is 7.80. The molecule has 0 bridgehead atoms. The summed E-state index contributed by atoms with van der Waals surface area (Å²) in [4.78, 5) is 24.1. The summed E-state index contributed by atoms with van der Waals surface area (Å²) < 4.78 is 0. The predicted octanol–water partition coefficient (Wildman–Crippen LogP) is 3.08. The van der Waals surface area contributed by atoms with Crippen LogP contribution in [0.25, 0.3) is 0 Å². The first kappa shape index (κ1) is 13.8. The zero-order valence-electron chi connectivity index (χ0n) is 13.3. The largest absolute Gasteiger partial charge is 0.353 e. The van der Waals surface area contributed by atoms with Gasteiger partial charge in [0.2, 0.25) is 5.91 Å². The number of rotatable bonds is 0. The molecule has 0 spiro atoms. The first-order valence-electron chi connectivity index (χ1n) is 8.78. The zero-order chi connectivity index (χ0) is 14.8. The van der Waals surface area contributed by atoms with Crippen molar-refractivity contribution in [2.75, 3.05) is 0 Å². The second kappa shape index (κ2) is 4.33. The molecule has 116 valence electrons. The molecule has 0 unspecified atom stereocenters. The number of hydrogen-bond acceptors (Lipinski definition) is 2. The Balaban J connectivity index is 1.65. The lowest BCUT2D eigenvalue weighted by molar-refractivity contribution is -0.141. The highest BCUT2D eigenvalue weighted by Crippen LogP contribution is 2.62. The van der Waals surface area contributed by atoms with Crippen LogP contribution in [0.2, 0.25) is 0 Å². The van der Waals surface area contributed by atoms with E-state index < -0.39 is 0 Å². The molecule has 4 fully saturated rings. The van der Waals surface area contributed by atoms with E-state index in [0.717, 1.165) is 32.1 Å². The first-order valence-corrected chi connectivity index (χ1v) is 8.78. The van der Waals surface area contributed by atoms with E-state index >= 15 is 0 Å². The summed E-state index contributed by atoms with van der Waals surface area (Å²) in [5.74, 6) is 2.80. The molecule has 1 aliphatic heterocycles. The van der Waals surface area contributed by atoms with Gasteiger partial charge in [0.15, 0.2) is 0 Å². The molecule has 0 aromatic heterocycles. The van der Waals surface area contributed by atoms with Crippen LogP contribution < -0.4 is 5.32 Å². The minimum Gasteiger partial charge on any atom is -0.353 e. The molecule has 1 amide bonds. The normalized spacial score (nSPS) is 52.7. The van der Waals surface area contributed by atoms with E-state index in [1.807, 2.05) is 0 Å². The van der Waals surface area contributed by atoms with Crippen LogP contribution in [0.15, 0.2) is 0 Å². The lowest BCUT2D eigenvalue weighted by Crippen LogP contribution is -2.61. The Hall–Kier alpha value is -0.860. The minimum absolute atomic E-state index is 0.0255. The van der Waals surface area contributed by atoms with Crippen LogP contribution in [-0.2, 0) is 9.59 Å². The monoisotopic (exact) mass is 289 g/mol. The Morgan fingerprint density at radius 1 is 0.952 bits per heavy atom. The van der Waals surface area contributed by atoms with E-state index in [2.05, 4.69) is 19.2 Å². The maximum atomic E-state index is 12.4. The molecule has 4 aliphatic rings. The quantitative estimate of drug-likeness (QED) is 0.745. The summed E-state index contributed by atoms with van der Waals surface area (Å²) in [6, 6.07) is 0.376. The van der Waals surface area contributed by atoms with E-state index in [1.54, 1.807) is 0 Å². The summed E-state index contributed by atoms with van der Waals surface area (Å²) in [5.41, 5.74) is 0.242. The highest BCUT2D eigenvalue weighted by Gasteiger charge is 2.60. The molecule has 3 nitrogen and oxygen atoms in total. The van der Waals surface area contributed by atoms with Crippen LogP contribution >= 0.6 is 0 Å². The van der Waals surface area contributed by atoms with Crippen LogP contribution in [0, 0.1) is 28.6 Å². The summed E-state index contributed by atoms with van der Waals surface area (Å²) in [6.07, 6.45) is 8.24. The molecule has 1 heterocycles. The van der Waals surface area contributed by atoms with Crippen LogP contribution in [0.4, 0.5) is 0 Å². The van der Waals surface area contributed by atoms with Crippen molar-refractivity contribution in [2.24, 2.45) is 28.6 Å². The Morgan fingerprint density at radius 3 is 2.57 bits per heavy atom. The number of fused-ring (bicyclic) bond motifs is 5. The maximum Gasteiger partial charge on any atom is 0.220 e. The van der Waals surface area contributed by atoms with Gasteiger partial charge in [-0.05, 0) is 61.7 Å². The van der Waals surface area contributed by atoms with Gasteiger partial charge in [-0.3, -0.25) is 9.59 Å². The van der Waals surface area contributed by atoms with Crippen LogP contribution in [-0.4, -0.2) is 17.7 Å². The average molecular weight is 289 g/mol. The highest BCUT2D eigenvalue weighted by atomic mass is 16.1. The molecular formula is C18H27NO2. The number of amides is 1. The number of carbonyl (C=O) groups excluding carboxylic acids is 2. The molecule has 6 atom stereocenters. The summed E-state index contributed by atoms with van der Waals surface area (Å²) in [5, 5.41) is 3.26. The molecule has 3 heteroatoms. The summed E-state index contributed by atoms with van der Waals surface area (Å²) in [7, 11) is 0. The Bertz CT molecular complexity index is 501. The van der Waals surface area contributed by atoms with Crippen molar-refractivity contribution in [2.45, 2.75) is 71.3 Å². The van der Waals surface area contributed by atoms with Crippen molar-refractivity contribution in [3.8, 4) is 0 Å². The van der Waals surface area contributed by atoms with E-state index in [-0.39, 0.29) is 16.7 Å². The smallest absolute Gasteiger partial charge is 0.220 e. The Labute approximate surface area is 127 Å². The molecule has 4 rings (SSSR count). The number of carbonyl (C=O) groups is 2. The first-order chi connectivity index (χ1) is 9.95. The summed E-state index contributed by atoms with van der Waals surface area (Å²) in [6.45, 7) is 4.65. The van der Waals surface area contributed by atoms with E-state index in [0.29, 0.717) is 36.0 Å². The fraction of sp³-hybridized carbons (Fsp3) is 0.889. The molecule has 0 aromatic carbocycles. The van der Waals surface area contributed by atoms with Gasteiger partial charge >= 0.3 is 0 Å². The molecule has 3 aliphatic carbocycles. The zero-order valence-corrected chi connectivity index (χ0v) is 13.3. The van der Waals surface area contributed by atoms with E-state index in [9.17, 15) is 9.59 Å². The van der Waals surface area contributed by atoms with Crippen LogP contribution in [0.3, 0.4) is 0 Å². The van der Waals surface area contributed by atoms with Crippen LogP contribution in [0.5, 0.6) is 0 Å². The number of hydrogen-bond donors (Lipinski definition) is 1. The molecule has 0 radical (unpaired) electrons. The van der Waals surface area contributed by atoms with E-state index in [4.69, 9.17) is 0 Å². The van der Waals surface area contributed by atoms with Crippen molar-refractivity contribution in [1.29, 1.82) is 0 Å². The van der Waals surface area contributed by atoms with E-state index in [1.165, 1.54) is 12.8 Å². The number of ketones is 1. The van der Waals surface area contributed by atoms with Crippen LogP contribution in [0.1, 0.15) is 65.2 Å². The van der Waals surface area contributed by atoms with Gasteiger partial charge in [-0.1, -0.05) is 13.8 Å². The number of piperidine rings is 1.